The first-order valence-corrected chi connectivity index (χ1v) is 3.98. The second kappa shape index (κ2) is 3.43. The van der Waals surface area contributed by atoms with E-state index in [0.29, 0.717) is 5.56 Å². The molecule has 4 nitrogen and oxygen atoms in total. The highest BCUT2D eigenvalue weighted by atomic mass is 16.2. The van der Waals surface area contributed by atoms with E-state index in [0.717, 1.165) is 5.57 Å². The number of aromatic nitrogens is 2. The van der Waals surface area contributed by atoms with Crippen molar-refractivity contribution in [2.45, 2.75) is 20.8 Å². The third kappa shape index (κ3) is 2.18. The third-order valence-corrected chi connectivity index (χ3v) is 1.54. The molecule has 0 saturated carbocycles. The highest BCUT2D eigenvalue weighted by molar-refractivity contribution is 5.28. The second-order valence-electron chi connectivity index (χ2n) is 3.19. The summed E-state index contributed by atoms with van der Waals surface area (Å²) in [6, 6.07) is 0. The maximum atomic E-state index is 11.2. The fourth-order valence-corrected chi connectivity index (χ4v) is 0.960. The van der Waals surface area contributed by atoms with Crippen LogP contribution in [0.25, 0.3) is 6.20 Å². The fourth-order valence-electron chi connectivity index (χ4n) is 0.960. The third-order valence-electron chi connectivity index (χ3n) is 1.54. The van der Waals surface area contributed by atoms with Crippen LogP contribution in [0.4, 0.5) is 0 Å². The highest BCUT2D eigenvalue weighted by Gasteiger charge is 1.96. The van der Waals surface area contributed by atoms with Crippen LogP contribution in [0.1, 0.15) is 19.4 Å². The molecule has 1 aromatic rings. The zero-order chi connectivity index (χ0) is 10.0. The topological polar surface area (TPSA) is 54.9 Å². The summed E-state index contributed by atoms with van der Waals surface area (Å²) in [4.78, 5) is 24.4. The van der Waals surface area contributed by atoms with Crippen molar-refractivity contribution < 1.29 is 0 Å². The van der Waals surface area contributed by atoms with E-state index in [-0.39, 0.29) is 5.56 Å². The number of hydrogen-bond acceptors (Lipinski definition) is 2. The van der Waals surface area contributed by atoms with Gasteiger partial charge in [-0.3, -0.25) is 14.3 Å². The van der Waals surface area contributed by atoms with Crippen LogP contribution < -0.4 is 11.2 Å². The van der Waals surface area contributed by atoms with Crippen molar-refractivity contribution in [1.82, 2.24) is 9.55 Å². The van der Waals surface area contributed by atoms with E-state index < -0.39 is 5.69 Å². The van der Waals surface area contributed by atoms with E-state index in [1.807, 2.05) is 13.8 Å². The molecule has 0 aliphatic rings. The molecule has 0 aliphatic carbocycles. The van der Waals surface area contributed by atoms with Crippen LogP contribution in [-0.4, -0.2) is 9.55 Å². The highest BCUT2D eigenvalue weighted by Crippen LogP contribution is 1.92. The summed E-state index contributed by atoms with van der Waals surface area (Å²) in [6.07, 6.45) is 3.19. The van der Waals surface area contributed by atoms with Crippen LogP contribution in [0.5, 0.6) is 0 Å². The minimum absolute atomic E-state index is 0.330. The Morgan fingerprint density at radius 2 is 2.08 bits per heavy atom. The molecule has 0 aliphatic heterocycles. The van der Waals surface area contributed by atoms with Crippen molar-refractivity contribution in [2.75, 3.05) is 0 Å². The van der Waals surface area contributed by atoms with Crippen molar-refractivity contribution >= 4 is 6.20 Å². The number of aryl methyl sites for hydroxylation is 1. The van der Waals surface area contributed by atoms with Gasteiger partial charge in [0.05, 0.1) is 0 Å². The molecule has 1 aromatic heterocycles. The lowest BCUT2D eigenvalue weighted by molar-refractivity contribution is 0.912. The van der Waals surface area contributed by atoms with Crippen LogP contribution in [-0.2, 0) is 0 Å². The quantitative estimate of drug-likeness (QED) is 0.692. The van der Waals surface area contributed by atoms with Crippen molar-refractivity contribution in [2.24, 2.45) is 0 Å². The first kappa shape index (κ1) is 9.51. The van der Waals surface area contributed by atoms with Gasteiger partial charge in [0.1, 0.15) is 0 Å². The molecule has 13 heavy (non-hydrogen) atoms. The molecule has 0 bridgehead atoms. The summed E-state index contributed by atoms with van der Waals surface area (Å²) in [7, 11) is 0. The van der Waals surface area contributed by atoms with E-state index in [1.165, 1.54) is 10.8 Å². The van der Waals surface area contributed by atoms with Crippen LogP contribution >= 0.6 is 0 Å². The molecular formula is C9H12N2O2. The van der Waals surface area contributed by atoms with Crippen molar-refractivity contribution in [1.29, 1.82) is 0 Å². The molecule has 70 valence electrons. The minimum Gasteiger partial charge on any atom is -0.276 e. The predicted molar refractivity (Wildman–Crippen MR) is 51.7 cm³/mol. The molecule has 4 heteroatoms. The molecule has 0 spiro atoms. The number of nitrogens with one attached hydrogen (secondary N) is 1. The summed E-state index contributed by atoms with van der Waals surface area (Å²) in [5.74, 6) is 0. The maximum absolute atomic E-state index is 11.2. The van der Waals surface area contributed by atoms with Gasteiger partial charge in [0, 0.05) is 18.0 Å². The Balaban J connectivity index is 3.41. The van der Waals surface area contributed by atoms with Gasteiger partial charge in [-0.1, -0.05) is 5.57 Å². The monoisotopic (exact) mass is 180 g/mol. The number of allylic oxidation sites excluding steroid dienone is 1. The smallest absolute Gasteiger partial charge is 0.276 e. The summed E-state index contributed by atoms with van der Waals surface area (Å²) < 4.78 is 1.37. The fraction of sp³-hybridized carbons (Fsp3) is 0.333. The van der Waals surface area contributed by atoms with Crippen LogP contribution in [0.15, 0.2) is 21.4 Å². The molecule has 1 heterocycles. The largest absolute Gasteiger partial charge is 0.332 e. The summed E-state index contributed by atoms with van der Waals surface area (Å²) in [6.45, 7) is 5.42. The van der Waals surface area contributed by atoms with E-state index in [1.54, 1.807) is 13.1 Å². The molecule has 0 unspecified atom stereocenters. The second-order valence-corrected chi connectivity index (χ2v) is 3.19. The SMILES string of the molecule is CC(C)=Cn1cc(C)c(=O)[nH]c1=O. The van der Waals surface area contributed by atoms with Gasteiger partial charge in [-0.05, 0) is 20.8 Å². The Morgan fingerprint density at radius 1 is 1.46 bits per heavy atom. The number of hydrogen-bond donors (Lipinski definition) is 1. The molecule has 0 amide bonds. The molecule has 1 rings (SSSR count). The first-order valence-electron chi connectivity index (χ1n) is 3.98. The van der Waals surface area contributed by atoms with Gasteiger partial charge >= 0.3 is 5.69 Å². The lowest BCUT2D eigenvalue weighted by atomic mass is 10.3. The standard InChI is InChI=1S/C9H12N2O2/c1-6(2)4-11-5-7(3)8(12)10-9(11)13/h4-5H,1-3H3,(H,10,12,13). The minimum atomic E-state index is -0.406. The van der Waals surface area contributed by atoms with Gasteiger partial charge < -0.3 is 0 Å². The summed E-state index contributed by atoms with van der Waals surface area (Å²) in [5, 5.41) is 0. The number of rotatable bonds is 1. The molecule has 0 atom stereocenters. The molecular weight excluding hydrogens is 168 g/mol. The molecule has 0 radical (unpaired) electrons. The van der Waals surface area contributed by atoms with Gasteiger partial charge in [-0.2, -0.15) is 0 Å². The molecule has 0 fully saturated rings. The Labute approximate surface area is 75.5 Å². The van der Waals surface area contributed by atoms with Crippen molar-refractivity contribution in [3.05, 3.63) is 38.2 Å². The van der Waals surface area contributed by atoms with Crippen LogP contribution in [0, 0.1) is 6.92 Å². The van der Waals surface area contributed by atoms with Crippen LogP contribution in [0.2, 0.25) is 0 Å². The van der Waals surface area contributed by atoms with Crippen LogP contribution in [0.3, 0.4) is 0 Å². The van der Waals surface area contributed by atoms with E-state index >= 15 is 0 Å². The zero-order valence-corrected chi connectivity index (χ0v) is 7.92. The molecule has 0 aromatic carbocycles. The van der Waals surface area contributed by atoms with Crippen molar-refractivity contribution in [3.8, 4) is 0 Å². The summed E-state index contributed by atoms with van der Waals surface area (Å²) >= 11 is 0. The predicted octanol–water partition coefficient (Wildman–Crippen LogP) is 0.726. The van der Waals surface area contributed by atoms with E-state index in [2.05, 4.69) is 4.98 Å². The Bertz CT molecular complexity index is 447. The van der Waals surface area contributed by atoms with Gasteiger partial charge in [0.15, 0.2) is 0 Å². The maximum Gasteiger partial charge on any atom is 0.332 e. The van der Waals surface area contributed by atoms with E-state index in [9.17, 15) is 9.59 Å². The first-order chi connectivity index (χ1) is 6.00. The van der Waals surface area contributed by atoms with Gasteiger partial charge in [-0.15, -0.1) is 0 Å². The average Bonchev–Trinajstić information content (AvgIpc) is 1.99. The Hall–Kier alpha value is -1.58. The lowest BCUT2D eigenvalue weighted by Crippen LogP contribution is -2.28. The molecule has 0 saturated heterocycles. The van der Waals surface area contributed by atoms with Gasteiger partial charge in [-0.25, -0.2) is 4.79 Å². The average molecular weight is 180 g/mol. The van der Waals surface area contributed by atoms with Crippen molar-refractivity contribution in [3.63, 3.8) is 0 Å². The number of H-pyrrole nitrogens is 1. The lowest BCUT2D eigenvalue weighted by Gasteiger charge is -1.99. The van der Waals surface area contributed by atoms with E-state index in [4.69, 9.17) is 0 Å². The van der Waals surface area contributed by atoms with Gasteiger partial charge in [0.25, 0.3) is 5.56 Å². The Morgan fingerprint density at radius 3 is 2.62 bits per heavy atom. The Kier molecular flexibility index (Phi) is 2.51. The zero-order valence-electron chi connectivity index (χ0n) is 7.92. The van der Waals surface area contributed by atoms with Gasteiger partial charge in [0.2, 0.25) is 0 Å². The normalized spacial score (nSPS) is 9.77. The number of aromatic amines is 1. The number of nitrogens with zero attached hydrogens (tertiary/aromatic N) is 1. The molecule has 1 N–H and O–H groups in total. The summed E-state index contributed by atoms with van der Waals surface area (Å²) in [5.41, 5.74) is 0.783.